The average molecular weight is 553 g/mol. The number of benzene rings is 1. The number of nitrogens with zero attached hydrogens (tertiary/aromatic N) is 3. The van der Waals surface area contributed by atoms with Gasteiger partial charge in [0, 0.05) is 39.3 Å². The molecular formula is C20H33FIN5O2S. The van der Waals surface area contributed by atoms with E-state index in [1.54, 1.807) is 12.1 Å². The molecule has 1 saturated carbocycles. The second-order valence-electron chi connectivity index (χ2n) is 7.63. The zero-order valence-corrected chi connectivity index (χ0v) is 20.7. The quantitative estimate of drug-likeness (QED) is 0.294. The van der Waals surface area contributed by atoms with Crippen molar-refractivity contribution in [1.29, 1.82) is 0 Å². The molecule has 0 amide bonds. The summed E-state index contributed by atoms with van der Waals surface area (Å²) >= 11 is 0. The van der Waals surface area contributed by atoms with Crippen molar-refractivity contribution in [3.63, 3.8) is 0 Å². The number of piperazine rings is 1. The largest absolute Gasteiger partial charge is 0.366 e. The summed E-state index contributed by atoms with van der Waals surface area (Å²) in [6.45, 7) is 6.24. The lowest BCUT2D eigenvalue weighted by Gasteiger charge is -2.37. The molecule has 0 unspecified atom stereocenters. The predicted molar refractivity (Wildman–Crippen MR) is 131 cm³/mol. The van der Waals surface area contributed by atoms with E-state index in [4.69, 9.17) is 0 Å². The van der Waals surface area contributed by atoms with Crippen LogP contribution in [0.1, 0.15) is 26.2 Å². The van der Waals surface area contributed by atoms with Crippen LogP contribution in [0, 0.1) is 11.7 Å². The van der Waals surface area contributed by atoms with Gasteiger partial charge in [-0.25, -0.2) is 17.5 Å². The first kappa shape index (κ1) is 25.1. The molecule has 0 spiro atoms. The molecule has 170 valence electrons. The van der Waals surface area contributed by atoms with Crippen molar-refractivity contribution in [1.82, 2.24) is 14.9 Å². The van der Waals surface area contributed by atoms with Crippen molar-refractivity contribution >= 4 is 45.6 Å². The van der Waals surface area contributed by atoms with Gasteiger partial charge in [-0.15, -0.1) is 24.0 Å². The van der Waals surface area contributed by atoms with E-state index in [2.05, 4.69) is 19.9 Å². The summed E-state index contributed by atoms with van der Waals surface area (Å²) in [5.74, 6) is 0.997. The lowest BCUT2D eigenvalue weighted by Crippen LogP contribution is -2.52. The molecule has 0 bridgehead atoms. The number of rotatable bonds is 8. The standard InChI is InChI=1S/C20H32FN5O2S.HI/c1-2-22-20(23-10-15-29(27,28)24-16-17-6-5-7-17)26-13-11-25(12-14-26)19-9-4-3-8-18(19)21;/h3-4,8-9,17,24H,2,5-7,10-16H2,1H3,(H,22,23);1H. The number of nitrogens with one attached hydrogen (secondary N) is 2. The van der Waals surface area contributed by atoms with Crippen molar-refractivity contribution < 1.29 is 12.8 Å². The van der Waals surface area contributed by atoms with Crippen LogP contribution in [0.2, 0.25) is 0 Å². The molecule has 10 heteroatoms. The van der Waals surface area contributed by atoms with E-state index in [0.717, 1.165) is 18.8 Å². The second-order valence-corrected chi connectivity index (χ2v) is 9.55. The molecule has 0 atom stereocenters. The maximum Gasteiger partial charge on any atom is 0.213 e. The van der Waals surface area contributed by atoms with Gasteiger partial charge >= 0.3 is 0 Å². The van der Waals surface area contributed by atoms with Gasteiger partial charge < -0.3 is 15.1 Å². The summed E-state index contributed by atoms with van der Waals surface area (Å²) in [6.07, 6.45) is 3.43. The molecule has 2 fully saturated rings. The Morgan fingerprint density at radius 1 is 1.20 bits per heavy atom. The van der Waals surface area contributed by atoms with Crippen molar-refractivity contribution in [3.8, 4) is 0 Å². The second kappa shape index (κ2) is 12.0. The zero-order chi connectivity index (χ0) is 20.7. The first-order valence-corrected chi connectivity index (χ1v) is 12.1. The molecule has 1 aromatic carbocycles. The molecule has 1 aliphatic heterocycles. The molecule has 0 aromatic heterocycles. The summed E-state index contributed by atoms with van der Waals surface area (Å²) in [5, 5.41) is 3.24. The van der Waals surface area contributed by atoms with Gasteiger partial charge in [0.25, 0.3) is 0 Å². The number of aliphatic imine (C=N–C) groups is 1. The van der Waals surface area contributed by atoms with Crippen LogP contribution in [0.3, 0.4) is 0 Å². The Balaban J connectivity index is 0.00000320. The minimum absolute atomic E-state index is 0. The number of hydrogen-bond donors (Lipinski definition) is 2. The minimum atomic E-state index is -3.30. The van der Waals surface area contributed by atoms with E-state index in [-0.39, 0.29) is 42.1 Å². The fourth-order valence-electron chi connectivity index (χ4n) is 3.58. The molecule has 3 rings (SSSR count). The zero-order valence-electron chi connectivity index (χ0n) is 17.5. The number of anilines is 1. The summed E-state index contributed by atoms with van der Waals surface area (Å²) in [4.78, 5) is 8.66. The molecule has 1 aliphatic carbocycles. The highest BCUT2D eigenvalue weighted by atomic mass is 127. The number of sulfonamides is 1. The maximum atomic E-state index is 14.0. The predicted octanol–water partition coefficient (Wildman–Crippen LogP) is 2.25. The third-order valence-corrected chi connectivity index (χ3v) is 6.87. The summed E-state index contributed by atoms with van der Waals surface area (Å²) in [7, 11) is -3.30. The van der Waals surface area contributed by atoms with Crippen molar-refractivity contribution in [2.24, 2.45) is 10.9 Å². The Morgan fingerprint density at radius 3 is 2.50 bits per heavy atom. The van der Waals surface area contributed by atoms with Gasteiger partial charge in [0.05, 0.1) is 18.0 Å². The van der Waals surface area contributed by atoms with Gasteiger partial charge in [0.2, 0.25) is 10.0 Å². The van der Waals surface area contributed by atoms with E-state index < -0.39 is 10.0 Å². The van der Waals surface area contributed by atoms with Crippen LogP contribution in [0.5, 0.6) is 0 Å². The lowest BCUT2D eigenvalue weighted by atomic mass is 9.86. The Kier molecular flexibility index (Phi) is 10.1. The van der Waals surface area contributed by atoms with Gasteiger partial charge in [-0.3, -0.25) is 4.99 Å². The average Bonchev–Trinajstić information content (AvgIpc) is 2.66. The Labute approximate surface area is 196 Å². The van der Waals surface area contributed by atoms with E-state index >= 15 is 0 Å². The highest BCUT2D eigenvalue weighted by molar-refractivity contribution is 14.0. The summed E-state index contributed by atoms with van der Waals surface area (Å²) in [6, 6.07) is 6.81. The van der Waals surface area contributed by atoms with Crippen LogP contribution in [0.4, 0.5) is 10.1 Å². The number of para-hydroxylation sites is 1. The molecule has 0 radical (unpaired) electrons. The third-order valence-electron chi connectivity index (χ3n) is 5.55. The van der Waals surface area contributed by atoms with Crippen LogP contribution in [-0.4, -0.2) is 70.8 Å². The van der Waals surface area contributed by atoms with Gasteiger partial charge in [0.1, 0.15) is 5.82 Å². The molecular weight excluding hydrogens is 520 g/mol. The fourth-order valence-corrected chi connectivity index (χ4v) is 4.54. The van der Waals surface area contributed by atoms with E-state index in [1.807, 2.05) is 17.9 Å². The van der Waals surface area contributed by atoms with Gasteiger partial charge in [-0.1, -0.05) is 18.6 Å². The Bertz CT molecular complexity index is 796. The van der Waals surface area contributed by atoms with Crippen molar-refractivity contribution in [2.45, 2.75) is 26.2 Å². The highest BCUT2D eigenvalue weighted by Gasteiger charge is 2.22. The lowest BCUT2D eigenvalue weighted by molar-refractivity contribution is 0.316. The number of guanidine groups is 1. The number of halogens is 2. The van der Waals surface area contributed by atoms with E-state index in [1.165, 1.54) is 12.5 Å². The van der Waals surface area contributed by atoms with E-state index in [9.17, 15) is 12.8 Å². The van der Waals surface area contributed by atoms with Crippen LogP contribution >= 0.6 is 24.0 Å². The van der Waals surface area contributed by atoms with E-state index in [0.29, 0.717) is 50.9 Å². The monoisotopic (exact) mass is 553 g/mol. The molecule has 1 aromatic rings. The number of hydrogen-bond acceptors (Lipinski definition) is 4. The van der Waals surface area contributed by atoms with Crippen LogP contribution in [0.15, 0.2) is 29.3 Å². The fraction of sp³-hybridized carbons (Fsp3) is 0.650. The SMILES string of the molecule is CCNC(=NCCS(=O)(=O)NCC1CCC1)N1CCN(c2ccccc2F)CC1.I. The molecule has 7 nitrogen and oxygen atoms in total. The molecule has 1 heterocycles. The smallest absolute Gasteiger partial charge is 0.213 e. The van der Waals surface area contributed by atoms with Gasteiger partial charge in [-0.2, -0.15) is 0 Å². The Hall–Kier alpha value is -1.14. The van der Waals surface area contributed by atoms with Crippen molar-refractivity contribution in [2.75, 3.05) is 56.5 Å². The molecule has 1 saturated heterocycles. The summed E-state index contributed by atoms with van der Waals surface area (Å²) < 4.78 is 41.0. The van der Waals surface area contributed by atoms with Crippen LogP contribution < -0.4 is 14.9 Å². The maximum absolute atomic E-state index is 14.0. The first-order chi connectivity index (χ1) is 14.0. The minimum Gasteiger partial charge on any atom is -0.366 e. The highest BCUT2D eigenvalue weighted by Crippen LogP contribution is 2.25. The Morgan fingerprint density at radius 2 is 1.90 bits per heavy atom. The molecule has 30 heavy (non-hydrogen) atoms. The molecule has 2 N–H and O–H groups in total. The summed E-state index contributed by atoms with van der Waals surface area (Å²) in [5.41, 5.74) is 0.623. The topological polar surface area (TPSA) is 77.0 Å². The molecule has 2 aliphatic rings. The van der Waals surface area contributed by atoms with Crippen LogP contribution in [-0.2, 0) is 10.0 Å². The van der Waals surface area contributed by atoms with Crippen LogP contribution in [0.25, 0.3) is 0 Å². The van der Waals surface area contributed by atoms with Gasteiger partial charge in [0.15, 0.2) is 5.96 Å². The third kappa shape index (κ3) is 7.23. The van der Waals surface area contributed by atoms with Gasteiger partial charge in [-0.05, 0) is 37.8 Å². The first-order valence-electron chi connectivity index (χ1n) is 10.5. The normalized spacial score (nSPS) is 18.0. The van der Waals surface area contributed by atoms with Crippen molar-refractivity contribution in [3.05, 3.63) is 30.1 Å².